The zero-order chi connectivity index (χ0) is 14.6. The van der Waals surface area contributed by atoms with E-state index in [4.69, 9.17) is 5.73 Å². The standard InChI is InChI=1S/C15H16FN3O/c1-15(14(17)20,12-7-13(16)10-18-9-12)19-8-11-5-3-2-4-6-11/h2-7,9-10,19H,8H2,1H3,(H2,17,20). The van der Waals surface area contributed by atoms with Crippen molar-refractivity contribution < 1.29 is 9.18 Å². The summed E-state index contributed by atoms with van der Waals surface area (Å²) in [5.74, 6) is -1.09. The molecule has 20 heavy (non-hydrogen) atoms. The van der Waals surface area contributed by atoms with E-state index in [-0.39, 0.29) is 0 Å². The van der Waals surface area contributed by atoms with Gasteiger partial charge in [0.2, 0.25) is 5.91 Å². The quantitative estimate of drug-likeness (QED) is 0.871. The Labute approximate surface area is 116 Å². The number of benzene rings is 1. The predicted octanol–water partition coefficient (Wildman–Crippen LogP) is 1.71. The first-order valence-corrected chi connectivity index (χ1v) is 6.22. The second kappa shape index (κ2) is 5.79. The SMILES string of the molecule is CC(NCc1ccccc1)(C(N)=O)c1cncc(F)c1. The Morgan fingerprint density at radius 2 is 2.05 bits per heavy atom. The molecular weight excluding hydrogens is 257 g/mol. The fraction of sp³-hybridized carbons (Fsp3) is 0.200. The van der Waals surface area contributed by atoms with Gasteiger partial charge < -0.3 is 5.73 Å². The first kappa shape index (κ1) is 14.1. The maximum absolute atomic E-state index is 13.3. The van der Waals surface area contributed by atoms with Crippen LogP contribution in [0.5, 0.6) is 0 Å². The maximum Gasteiger partial charge on any atom is 0.242 e. The van der Waals surface area contributed by atoms with Crippen molar-refractivity contribution >= 4 is 5.91 Å². The highest BCUT2D eigenvalue weighted by molar-refractivity contribution is 5.85. The summed E-state index contributed by atoms with van der Waals surface area (Å²) in [6.07, 6.45) is 2.52. The van der Waals surface area contributed by atoms with Gasteiger partial charge in [-0.3, -0.25) is 15.1 Å². The van der Waals surface area contributed by atoms with Crippen LogP contribution in [-0.2, 0) is 16.9 Å². The minimum Gasteiger partial charge on any atom is -0.368 e. The lowest BCUT2D eigenvalue weighted by atomic mass is 9.92. The topological polar surface area (TPSA) is 68.0 Å². The lowest BCUT2D eigenvalue weighted by Gasteiger charge is -2.28. The molecule has 1 amide bonds. The van der Waals surface area contributed by atoms with Gasteiger partial charge >= 0.3 is 0 Å². The molecule has 0 saturated carbocycles. The summed E-state index contributed by atoms with van der Waals surface area (Å²) >= 11 is 0. The lowest BCUT2D eigenvalue weighted by Crippen LogP contribution is -2.50. The van der Waals surface area contributed by atoms with Gasteiger partial charge in [-0.2, -0.15) is 0 Å². The van der Waals surface area contributed by atoms with E-state index in [1.54, 1.807) is 6.92 Å². The molecule has 1 heterocycles. The van der Waals surface area contributed by atoms with Crippen LogP contribution in [0.2, 0.25) is 0 Å². The summed E-state index contributed by atoms with van der Waals surface area (Å²) < 4.78 is 13.3. The van der Waals surface area contributed by atoms with Gasteiger partial charge in [0.25, 0.3) is 0 Å². The summed E-state index contributed by atoms with van der Waals surface area (Å²) in [6, 6.07) is 10.8. The molecule has 5 heteroatoms. The molecule has 2 aromatic rings. The number of carbonyl (C=O) groups excluding carboxylic acids is 1. The van der Waals surface area contributed by atoms with Crippen molar-refractivity contribution in [3.63, 3.8) is 0 Å². The van der Waals surface area contributed by atoms with Crippen molar-refractivity contribution in [1.82, 2.24) is 10.3 Å². The van der Waals surface area contributed by atoms with Crippen molar-refractivity contribution in [2.45, 2.75) is 19.0 Å². The van der Waals surface area contributed by atoms with Gasteiger partial charge in [0.1, 0.15) is 11.4 Å². The van der Waals surface area contributed by atoms with Crippen molar-refractivity contribution in [3.8, 4) is 0 Å². The number of hydrogen-bond acceptors (Lipinski definition) is 3. The van der Waals surface area contributed by atoms with E-state index in [1.165, 1.54) is 12.3 Å². The van der Waals surface area contributed by atoms with E-state index >= 15 is 0 Å². The minimum atomic E-state index is -1.18. The van der Waals surface area contributed by atoms with Crippen LogP contribution in [0.3, 0.4) is 0 Å². The van der Waals surface area contributed by atoms with Gasteiger partial charge in [0.05, 0.1) is 6.20 Å². The first-order valence-electron chi connectivity index (χ1n) is 6.22. The third-order valence-electron chi connectivity index (χ3n) is 3.26. The number of hydrogen-bond donors (Lipinski definition) is 2. The Kier molecular flexibility index (Phi) is 4.10. The number of amides is 1. The summed E-state index contributed by atoms with van der Waals surface area (Å²) in [5, 5.41) is 3.07. The van der Waals surface area contributed by atoms with Crippen LogP contribution in [0.15, 0.2) is 48.8 Å². The van der Waals surface area contributed by atoms with Gasteiger partial charge in [-0.1, -0.05) is 30.3 Å². The van der Waals surface area contributed by atoms with Gasteiger partial charge in [-0.15, -0.1) is 0 Å². The molecule has 0 aliphatic heterocycles. The van der Waals surface area contributed by atoms with Crippen molar-refractivity contribution in [2.24, 2.45) is 5.73 Å². The van der Waals surface area contributed by atoms with Crippen LogP contribution in [-0.4, -0.2) is 10.9 Å². The Balaban J connectivity index is 2.24. The maximum atomic E-state index is 13.3. The van der Waals surface area contributed by atoms with E-state index in [0.717, 1.165) is 11.8 Å². The first-order chi connectivity index (χ1) is 9.52. The molecule has 0 spiro atoms. The summed E-state index contributed by atoms with van der Waals surface area (Å²) in [7, 11) is 0. The minimum absolute atomic E-state index is 0.404. The zero-order valence-corrected chi connectivity index (χ0v) is 11.1. The highest BCUT2D eigenvalue weighted by Gasteiger charge is 2.33. The number of aromatic nitrogens is 1. The molecule has 1 atom stereocenters. The van der Waals surface area contributed by atoms with E-state index in [2.05, 4.69) is 10.3 Å². The molecule has 1 unspecified atom stereocenters. The van der Waals surface area contributed by atoms with Crippen LogP contribution >= 0.6 is 0 Å². The number of nitrogens with two attached hydrogens (primary N) is 1. The summed E-state index contributed by atoms with van der Waals surface area (Å²) in [6.45, 7) is 2.06. The van der Waals surface area contributed by atoms with E-state index in [0.29, 0.717) is 12.1 Å². The predicted molar refractivity (Wildman–Crippen MR) is 74.0 cm³/mol. The molecule has 4 nitrogen and oxygen atoms in total. The molecule has 3 N–H and O–H groups in total. The third-order valence-corrected chi connectivity index (χ3v) is 3.26. The zero-order valence-electron chi connectivity index (χ0n) is 11.1. The summed E-state index contributed by atoms with van der Waals surface area (Å²) in [5.41, 5.74) is 5.70. The number of primary amides is 1. The second-order valence-corrected chi connectivity index (χ2v) is 4.72. The largest absolute Gasteiger partial charge is 0.368 e. The van der Waals surface area contributed by atoms with Gasteiger partial charge in [0.15, 0.2) is 0 Å². The molecule has 0 radical (unpaired) electrons. The third kappa shape index (κ3) is 3.00. The van der Waals surface area contributed by atoms with Crippen LogP contribution in [0.4, 0.5) is 4.39 Å². The molecule has 1 aromatic carbocycles. The van der Waals surface area contributed by atoms with E-state index in [9.17, 15) is 9.18 Å². The van der Waals surface area contributed by atoms with Crippen LogP contribution in [0, 0.1) is 5.82 Å². The van der Waals surface area contributed by atoms with Crippen molar-refractivity contribution in [3.05, 3.63) is 65.7 Å². The smallest absolute Gasteiger partial charge is 0.242 e. The number of rotatable bonds is 5. The van der Waals surface area contributed by atoms with E-state index < -0.39 is 17.3 Å². The van der Waals surface area contributed by atoms with Crippen LogP contribution in [0.1, 0.15) is 18.1 Å². The normalized spacial score (nSPS) is 13.7. The van der Waals surface area contributed by atoms with Gasteiger partial charge in [0, 0.05) is 18.3 Å². The highest BCUT2D eigenvalue weighted by atomic mass is 19.1. The Morgan fingerprint density at radius 1 is 1.35 bits per heavy atom. The van der Waals surface area contributed by atoms with Gasteiger partial charge in [-0.25, -0.2) is 4.39 Å². The average Bonchev–Trinajstić information content (AvgIpc) is 2.45. The molecule has 0 fully saturated rings. The highest BCUT2D eigenvalue weighted by Crippen LogP contribution is 2.21. The molecule has 0 saturated heterocycles. The monoisotopic (exact) mass is 273 g/mol. The Bertz CT molecular complexity index is 603. The fourth-order valence-corrected chi connectivity index (χ4v) is 1.89. The number of nitrogens with zero attached hydrogens (tertiary/aromatic N) is 1. The lowest BCUT2D eigenvalue weighted by molar-refractivity contribution is -0.124. The number of nitrogens with one attached hydrogen (secondary N) is 1. The summed E-state index contributed by atoms with van der Waals surface area (Å²) in [4.78, 5) is 15.5. The molecule has 0 aliphatic rings. The Morgan fingerprint density at radius 3 is 2.65 bits per heavy atom. The second-order valence-electron chi connectivity index (χ2n) is 4.72. The molecule has 0 aliphatic carbocycles. The van der Waals surface area contributed by atoms with Crippen LogP contribution in [0.25, 0.3) is 0 Å². The molecular formula is C15H16FN3O. The van der Waals surface area contributed by atoms with Crippen LogP contribution < -0.4 is 11.1 Å². The number of carbonyl (C=O) groups is 1. The Hall–Kier alpha value is -2.27. The number of halogens is 1. The average molecular weight is 273 g/mol. The van der Waals surface area contributed by atoms with Crippen molar-refractivity contribution in [1.29, 1.82) is 0 Å². The van der Waals surface area contributed by atoms with E-state index in [1.807, 2.05) is 30.3 Å². The van der Waals surface area contributed by atoms with Gasteiger partial charge in [-0.05, 0) is 18.6 Å². The molecule has 2 rings (SSSR count). The van der Waals surface area contributed by atoms with Crippen molar-refractivity contribution in [2.75, 3.05) is 0 Å². The molecule has 1 aromatic heterocycles. The number of pyridine rings is 1. The fourth-order valence-electron chi connectivity index (χ4n) is 1.89. The molecule has 104 valence electrons. The molecule has 0 bridgehead atoms.